The van der Waals surface area contributed by atoms with Crippen LogP contribution in [-0.4, -0.2) is 15.2 Å². The Morgan fingerprint density at radius 1 is 1.19 bits per heavy atom. The van der Waals surface area contributed by atoms with Crippen molar-refractivity contribution >= 4 is 35.0 Å². The number of thioether (sulfide) groups is 1. The minimum atomic E-state index is 0.488. The predicted molar refractivity (Wildman–Crippen MR) is 72.5 cm³/mol. The third-order valence-electron chi connectivity index (χ3n) is 2.38. The lowest BCUT2D eigenvalue weighted by Gasteiger charge is -2.09. The van der Waals surface area contributed by atoms with Crippen LogP contribution in [0.4, 0.5) is 0 Å². The lowest BCUT2D eigenvalue weighted by Crippen LogP contribution is -2.01. The zero-order chi connectivity index (χ0) is 12.1. The van der Waals surface area contributed by atoms with E-state index in [0.29, 0.717) is 15.6 Å². The van der Waals surface area contributed by atoms with Crippen molar-refractivity contribution in [2.45, 2.75) is 44.6 Å². The van der Waals surface area contributed by atoms with Gasteiger partial charge in [0.25, 0.3) is 0 Å². The first-order valence-electron chi connectivity index (χ1n) is 5.40. The highest BCUT2D eigenvalue weighted by molar-refractivity contribution is 7.99. The second kappa shape index (κ2) is 6.67. The largest absolute Gasteiger partial charge is 0.220 e. The van der Waals surface area contributed by atoms with E-state index >= 15 is 0 Å². The lowest BCUT2D eigenvalue weighted by atomic mass is 10.3. The van der Waals surface area contributed by atoms with Gasteiger partial charge in [0, 0.05) is 10.8 Å². The number of hydrogen-bond donors (Lipinski definition) is 0. The van der Waals surface area contributed by atoms with Gasteiger partial charge in [-0.05, 0) is 12.8 Å². The highest BCUT2D eigenvalue weighted by Gasteiger charge is 2.10. The molecule has 0 saturated heterocycles. The second-order valence-corrected chi connectivity index (χ2v) is 5.73. The summed E-state index contributed by atoms with van der Waals surface area (Å²) in [6.07, 6.45) is 1.90. The second-order valence-electron chi connectivity index (χ2n) is 3.58. The number of halogens is 2. The van der Waals surface area contributed by atoms with E-state index in [1.54, 1.807) is 0 Å². The SMILES string of the molecule is CCc1c(Cl)nc(CSC(C)CC)nc1Cl. The summed E-state index contributed by atoms with van der Waals surface area (Å²) in [5.41, 5.74) is 0.834. The molecule has 2 nitrogen and oxygen atoms in total. The Balaban J connectivity index is 2.76. The molecule has 0 amide bonds. The molecule has 1 rings (SSSR count). The summed E-state index contributed by atoms with van der Waals surface area (Å²) in [6, 6.07) is 0. The van der Waals surface area contributed by atoms with Crippen LogP contribution in [0.3, 0.4) is 0 Å². The molecule has 1 unspecified atom stereocenters. The van der Waals surface area contributed by atoms with Crippen LogP contribution >= 0.6 is 35.0 Å². The molecule has 0 aliphatic carbocycles. The average Bonchev–Trinajstić information content (AvgIpc) is 2.25. The zero-order valence-corrected chi connectivity index (χ0v) is 12.1. The molecule has 0 aliphatic rings. The van der Waals surface area contributed by atoms with E-state index in [0.717, 1.165) is 30.0 Å². The summed E-state index contributed by atoms with van der Waals surface area (Å²) in [5, 5.41) is 1.58. The standard InChI is InChI=1S/C11H16Cl2N2S/c1-4-7(3)16-6-9-14-10(12)8(5-2)11(13)15-9/h7H,4-6H2,1-3H3. The van der Waals surface area contributed by atoms with Crippen molar-refractivity contribution in [1.82, 2.24) is 9.97 Å². The molecule has 0 radical (unpaired) electrons. The van der Waals surface area contributed by atoms with Crippen molar-refractivity contribution in [2.24, 2.45) is 0 Å². The fraction of sp³-hybridized carbons (Fsp3) is 0.636. The molecule has 0 fully saturated rings. The molecule has 0 saturated carbocycles. The lowest BCUT2D eigenvalue weighted by molar-refractivity contribution is 0.899. The van der Waals surface area contributed by atoms with Crippen LogP contribution in [0, 0.1) is 0 Å². The molecular formula is C11H16Cl2N2S. The minimum absolute atomic E-state index is 0.488. The fourth-order valence-corrected chi connectivity index (χ4v) is 2.65. The van der Waals surface area contributed by atoms with Gasteiger partial charge in [-0.1, -0.05) is 44.0 Å². The van der Waals surface area contributed by atoms with Gasteiger partial charge in [0.2, 0.25) is 0 Å². The van der Waals surface area contributed by atoms with Crippen molar-refractivity contribution in [3.63, 3.8) is 0 Å². The summed E-state index contributed by atoms with van der Waals surface area (Å²) < 4.78 is 0. The Morgan fingerprint density at radius 2 is 1.75 bits per heavy atom. The summed E-state index contributed by atoms with van der Waals surface area (Å²) in [7, 11) is 0. The Hall–Kier alpha value is 0.01000. The molecule has 0 N–H and O–H groups in total. The van der Waals surface area contributed by atoms with Crippen molar-refractivity contribution in [1.29, 1.82) is 0 Å². The predicted octanol–water partition coefficient (Wildman–Crippen LogP) is 4.38. The van der Waals surface area contributed by atoms with Gasteiger partial charge in [-0.15, -0.1) is 0 Å². The van der Waals surface area contributed by atoms with Crippen molar-refractivity contribution in [3.8, 4) is 0 Å². The Labute approximate surface area is 111 Å². The van der Waals surface area contributed by atoms with Gasteiger partial charge in [-0.25, -0.2) is 9.97 Å². The van der Waals surface area contributed by atoms with Crippen molar-refractivity contribution < 1.29 is 0 Å². The molecule has 16 heavy (non-hydrogen) atoms. The maximum absolute atomic E-state index is 6.04. The molecular weight excluding hydrogens is 263 g/mol. The maximum Gasteiger partial charge on any atom is 0.141 e. The third kappa shape index (κ3) is 3.79. The Bertz CT molecular complexity index is 335. The van der Waals surface area contributed by atoms with E-state index in [-0.39, 0.29) is 0 Å². The molecule has 1 atom stereocenters. The van der Waals surface area contributed by atoms with Gasteiger partial charge in [0.15, 0.2) is 0 Å². The highest BCUT2D eigenvalue weighted by atomic mass is 35.5. The van der Waals surface area contributed by atoms with Gasteiger partial charge in [-0.2, -0.15) is 11.8 Å². The topological polar surface area (TPSA) is 25.8 Å². The van der Waals surface area contributed by atoms with E-state index in [9.17, 15) is 0 Å². The first kappa shape index (κ1) is 14.1. The number of nitrogens with zero attached hydrogens (tertiary/aromatic N) is 2. The van der Waals surface area contributed by atoms with E-state index in [2.05, 4.69) is 23.8 Å². The van der Waals surface area contributed by atoms with Crippen LogP contribution in [0.5, 0.6) is 0 Å². The van der Waals surface area contributed by atoms with Gasteiger partial charge in [0.05, 0.1) is 5.75 Å². The van der Waals surface area contributed by atoms with Gasteiger partial charge in [0.1, 0.15) is 16.1 Å². The Morgan fingerprint density at radius 3 is 2.19 bits per heavy atom. The molecule has 5 heteroatoms. The van der Waals surface area contributed by atoms with Crippen LogP contribution in [0.1, 0.15) is 38.6 Å². The van der Waals surface area contributed by atoms with Crippen LogP contribution in [0.25, 0.3) is 0 Å². The van der Waals surface area contributed by atoms with Crippen molar-refractivity contribution in [2.75, 3.05) is 0 Å². The molecule has 0 bridgehead atoms. The monoisotopic (exact) mass is 278 g/mol. The smallest absolute Gasteiger partial charge is 0.141 e. The van der Waals surface area contributed by atoms with E-state index in [1.165, 1.54) is 0 Å². The maximum atomic E-state index is 6.04. The fourth-order valence-electron chi connectivity index (χ4n) is 1.16. The third-order valence-corrected chi connectivity index (χ3v) is 4.33. The van der Waals surface area contributed by atoms with Crippen molar-refractivity contribution in [3.05, 3.63) is 21.7 Å². The first-order valence-corrected chi connectivity index (χ1v) is 7.21. The first-order chi connectivity index (χ1) is 7.58. The molecule has 1 aromatic rings. The summed E-state index contributed by atoms with van der Waals surface area (Å²) in [6.45, 7) is 6.34. The van der Waals surface area contributed by atoms with Gasteiger partial charge in [-0.3, -0.25) is 0 Å². The summed E-state index contributed by atoms with van der Waals surface area (Å²) >= 11 is 13.9. The Kier molecular flexibility index (Phi) is 5.87. The van der Waals surface area contributed by atoms with E-state index < -0.39 is 0 Å². The number of aromatic nitrogens is 2. The van der Waals surface area contributed by atoms with Crippen LogP contribution < -0.4 is 0 Å². The number of rotatable bonds is 5. The quantitative estimate of drug-likeness (QED) is 0.748. The zero-order valence-electron chi connectivity index (χ0n) is 9.76. The highest BCUT2D eigenvalue weighted by Crippen LogP contribution is 2.24. The molecule has 0 aromatic carbocycles. The van der Waals surface area contributed by atoms with Crippen LogP contribution in [0.15, 0.2) is 0 Å². The van der Waals surface area contributed by atoms with Gasteiger partial charge < -0.3 is 0 Å². The molecule has 90 valence electrons. The van der Waals surface area contributed by atoms with Crippen LogP contribution in [0.2, 0.25) is 10.3 Å². The van der Waals surface area contributed by atoms with E-state index in [1.807, 2.05) is 18.7 Å². The van der Waals surface area contributed by atoms with Gasteiger partial charge >= 0.3 is 0 Å². The molecule has 0 spiro atoms. The number of hydrogen-bond acceptors (Lipinski definition) is 3. The molecule has 1 aromatic heterocycles. The minimum Gasteiger partial charge on any atom is -0.220 e. The normalized spacial score (nSPS) is 12.8. The summed E-state index contributed by atoms with van der Waals surface area (Å²) in [5.74, 6) is 1.48. The van der Waals surface area contributed by atoms with E-state index in [4.69, 9.17) is 23.2 Å². The summed E-state index contributed by atoms with van der Waals surface area (Å²) in [4.78, 5) is 8.52. The van der Waals surface area contributed by atoms with Crippen LogP contribution in [-0.2, 0) is 12.2 Å². The molecule has 1 heterocycles. The molecule has 0 aliphatic heterocycles. The average molecular weight is 279 g/mol.